The van der Waals surface area contributed by atoms with E-state index in [1.54, 1.807) is 12.1 Å². The van der Waals surface area contributed by atoms with Gasteiger partial charge in [-0.3, -0.25) is 0 Å². The fraction of sp³-hybridized carbons (Fsp3) is 0.286. The number of aryl methyl sites for hydroxylation is 2. The highest BCUT2D eigenvalue weighted by Crippen LogP contribution is 2.31. The SMILES string of the molecule is CNc1nc(-c2cc(C)cc(C)c2)cc(C(F)(F)F)n1. The van der Waals surface area contributed by atoms with E-state index in [-0.39, 0.29) is 11.6 Å². The van der Waals surface area contributed by atoms with E-state index >= 15 is 0 Å². The molecule has 0 unspecified atom stereocenters. The van der Waals surface area contributed by atoms with Crippen LogP contribution >= 0.6 is 0 Å². The van der Waals surface area contributed by atoms with E-state index in [2.05, 4.69) is 15.3 Å². The normalized spacial score (nSPS) is 11.5. The maximum atomic E-state index is 12.8. The van der Waals surface area contributed by atoms with Crippen molar-refractivity contribution in [2.45, 2.75) is 20.0 Å². The molecule has 2 aromatic rings. The van der Waals surface area contributed by atoms with E-state index < -0.39 is 11.9 Å². The molecule has 0 aliphatic carbocycles. The van der Waals surface area contributed by atoms with Gasteiger partial charge in [0.2, 0.25) is 5.95 Å². The molecule has 1 N–H and O–H groups in total. The van der Waals surface area contributed by atoms with Crippen LogP contribution in [0, 0.1) is 13.8 Å². The number of rotatable bonds is 2. The van der Waals surface area contributed by atoms with E-state index in [0.29, 0.717) is 5.56 Å². The summed E-state index contributed by atoms with van der Waals surface area (Å²) in [5, 5.41) is 2.56. The van der Waals surface area contributed by atoms with Gasteiger partial charge in [-0.15, -0.1) is 0 Å². The summed E-state index contributed by atoms with van der Waals surface area (Å²) in [5.41, 5.74) is 1.89. The number of nitrogens with zero attached hydrogens (tertiary/aromatic N) is 2. The second-order valence-electron chi connectivity index (χ2n) is 4.59. The maximum Gasteiger partial charge on any atom is 0.433 e. The number of halogens is 3. The standard InChI is InChI=1S/C14H14F3N3/c1-8-4-9(2)6-10(5-8)11-7-12(14(15,16)17)20-13(18-3)19-11/h4-7H,1-3H3,(H,18,19,20). The first kappa shape index (κ1) is 14.3. The Morgan fingerprint density at radius 2 is 1.55 bits per heavy atom. The first-order valence-electron chi connectivity index (χ1n) is 6.02. The van der Waals surface area contributed by atoms with Gasteiger partial charge in [-0.05, 0) is 32.0 Å². The smallest absolute Gasteiger partial charge is 0.357 e. The molecular formula is C14H14F3N3. The topological polar surface area (TPSA) is 37.8 Å². The zero-order valence-electron chi connectivity index (χ0n) is 11.3. The zero-order chi connectivity index (χ0) is 14.9. The largest absolute Gasteiger partial charge is 0.433 e. The molecule has 0 saturated heterocycles. The number of hydrogen-bond acceptors (Lipinski definition) is 3. The Balaban J connectivity index is 2.61. The molecule has 0 radical (unpaired) electrons. The second-order valence-corrected chi connectivity index (χ2v) is 4.59. The van der Waals surface area contributed by atoms with Crippen LogP contribution in [0.25, 0.3) is 11.3 Å². The molecule has 106 valence electrons. The Kier molecular flexibility index (Phi) is 3.65. The summed E-state index contributed by atoms with van der Waals surface area (Å²) < 4.78 is 38.5. The molecule has 2 rings (SSSR count). The minimum Gasteiger partial charge on any atom is -0.357 e. The maximum absolute atomic E-state index is 12.8. The minimum absolute atomic E-state index is 0.0472. The molecular weight excluding hydrogens is 267 g/mol. The zero-order valence-corrected chi connectivity index (χ0v) is 11.3. The van der Waals surface area contributed by atoms with Crippen LogP contribution < -0.4 is 5.32 Å². The summed E-state index contributed by atoms with van der Waals surface area (Å²) >= 11 is 0. The molecule has 0 amide bonds. The third kappa shape index (κ3) is 3.07. The van der Waals surface area contributed by atoms with Gasteiger partial charge in [-0.2, -0.15) is 13.2 Å². The molecule has 0 saturated carbocycles. The van der Waals surface area contributed by atoms with Crippen LogP contribution in [0.4, 0.5) is 19.1 Å². The van der Waals surface area contributed by atoms with Gasteiger partial charge >= 0.3 is 6.18 Å². The van der Waals surface area contributed by atoms with Crippen molar-refractivity contribution < 1.29 is 13.2 Å². The van der Waals surface area contributed by atoms with Crippen LogP contribution in [0.2, 0.25) is 0 Å². The van der Waals surface area contributed by atoms with Crippen LogP contribution in [0.15, 0.2) is 24.3 Å². The van der Waals surface area contributed by atoms with Crippen molar-refractivity contribution in [1.29, 1.82) is 0 Å². The Hall–Kier alpha value is -2.11. The lowest BCUT2D eigenvalue weighted by Crippen LogP contribution is -2.11. The number of anilines is 1. The Morgan fingerprint density at radius 1 is 0.950 bits per heavy atom. The first-order chi connectivity index (χ1) is 9.29. The van der Waals surface area contributed by atoms with Gasteiger partial charge in [0.15, 0.2) is 5.69 Å². The number of aromatic nitrogens is 2. The van der Waals surface area contributed by atoms with Gasteiger partial charge in [0, 0.05) is 12.6 Å². The summed E-state index contributed by atoms with van der Waals surface area (Å²) in [6, 6.07) is 6.52. The fourth-order valence-corrected chi connectivity index (χ4v) is 1.97. The van der Waals surface area contributed by atoms with E-state index in [1.807, 2.05) is 19.9 Å². The average Bonchev–Trinajstić information content (AvgIpc) is 2.36. The quantitative estimate of drug-likeness (QED) is 0.909. The number of benzene rings is 1. The first-order valence-corrected chi connectivity index (χ1v) is 6.02. The molecule has 3 nitrogen and oxygen atoms in total. The molecule has 0 fully saturated rings. The van der Waals surface area contributed by atoms with E-state index in [9.17, 15) is 13.2 Å². The van der Waals surface area contributed by atoms with Gasteiger partial charge in [0.05, 0.1) is 5.69 Å². The summed E-state index contributed by atoms with van der Waals surface area (Å²) in [6.45, 7) is 3.78. The number of nitrogens with one attached hydrogen (secondary N) is 1. The third-order valence-corrected chi connectivity index (χ3v) is 2.76. The van der Waals surface area contributed by atoms with Crippen LogP contribution in [0.5, 0.6) is 0 Å². The van der Waals surface area contributed by atoms with E-state index in [1.165, 1.54) is 7.05 Å². The Labute approximate surface area is 114 Å². The summed E-state index contributed by atoms with van der Waals surface area (Å²) in [5.74, 6) is -0.0472. The minimum atomic E-state index is -4.50. The van der Waals surface area contributed by atoms with Crippen molar-refractivity contribution in [2.75, 3.05) is 12.4 Å². The predicted octanol–water partition coefficient (Wildman–Crippen LogP) is 3.82. The predicted molar refractivity (Wildman–Crippen MR) is 71.5 cm³/mol. The van der Waals surface area contributed by atoms with E-state index in [0.717, 1.165) is 17.2 Å². The van der Waals surface area contributed by atoms with Crippen molar-refractivity contribution in [2.24, 2.45) is 0 Å². The van der Waals surface area contributed by atoms with Crippen LogP contribution in [0.3, 0.4) is 0 Å². The molecule has 6 heteroatoms. The molecule has 20 heavy (non-hydrogen) atoms. The van der Waals surface area contributed by atoms with Crippen molar-refractivity contribution in [3.8, 4) is 11.3 Å². The Bertz CT molecular complexity index is 616. The molecule has 0 aliphatic rings. The van der Waals surface area contributed by atoms with Gasteiger partial charge in [-0.25, -0.2) is 9.97 Å². The van der Waals surface area contributed by atoms with Crippen molar-refractivity contribution in [3.05, 3.63) is 41.1 Å². The van der Waals surface area contributed by atoms with E-state index in [4.69, 9.17) is 0 Å². The van der Waals surface area contributed by atoms with Crippen LogP contribution in [-0.4, -0.2) is 17.0 Å². The van der Waals surface area contributed by atoms with Crippen molar-refractivity contribution >= 4 is 5.95 Å². The average molecular weight is 281 g/mol. The fourth-order valence-electron chi connectivity index (χ4n) is 1.97. The number of hydrogen-bond donors (Lipinski definition) is 1. The lowest BCUT2D eigenvalue weighted by Gasteiger charge is -2.11. The molecule has 1 aromatic carbocycles. The third-order valence-electron chi connectivity index (χ3n) is 2.76. The molecule has 1 aromatic heterocycles. The molecule has 0 atom stereocenters. The second kappa shape index (κ2) is 5.11. The summed E-state index contributed by atoms with van der Waals surface area (Å²) in [7, 11) is 1.49. The van der Waals surface area contributed by atoms with Crippen LogP contribution in [0.1, 0.15) is 16.8 Å². The highest BCUT2D eigenvalue weighted by atomic mass is 19.4. The number of alkyl halides is 3. The molecule has 0 bridgehead atoms. The van der Waals surface area contributed by atoms with Gasteiger partial charge < -0.3 is 5.32 Å². The van der Waals surface area contributed by atoms with Crippen molar-refractivity contribution in [3.63, 3.8) is 0 Å². The monoisotopic (exact) mass is 281 g/mol. The Morgan fingerprint density at radius 3 is 2.05 bits per heavy atom. The lowest BCUT2D eigenvalue weighted by molar-refractivity contribution is -0.141. The summed E-state index contributed by atoms with van der Waals surface area (Å²) in [6.07, 6.45) is -4.50. The van der Waals surface area contributed by atoms with Crippen molar-refractivity contribution in [1.82, 2.24) is 9.97 Å². The molecule has 0 spiro atoms. The highest BCUT2D eigenvalue weighted by molar-refractivity contribution is 5.63. The highest BCUT2D eigenvalue weighted by Gasteiger charge is 2.33. The molecule has 0 aliphatic heterocycles. The van der Waals surface area contributed by atoms with Gasteiger partial charge in [-0.1, -0.05) is 17.2 Å². The van der Waals surface area contributed by atoms with Gasteiger partial charge in [0.1, 0.15) is 0 Å². The molecule has 1 heterocycles. The van der Waals surface area contributed by atoms with Crippen LogP contribution in [-0.2, 0) is 6.18 Å². The van der Waals surface area contributed by atoms with Gasteiger partial charge in [0.25, 0.3) is 0 Å². The lowest BCUT2D eigenvalue weighted by atomic mass is 10.0. The summed E-state index contributed by atoms with van der Waals surface area (Å²) in [4.78, 5) is 7.54.